The maximum Gasteiger partial charge on any atom is 0.0776 e. The lowest BCUT2D eigenvalue weighted by atomic mass is 9.89. The van der Waals surface area contributed by atoms with Gasteiger partial charge in [-0.3, -0.25) is 0 Å². The van der Waals surface area contributed by atoms with E-state index in [9.17, 15) is 0 Å². The molecule has 3 aromatic carbocycles. The Morgan fingerprint density at radius 3 is 1.83 bits per heavy atom. The lowest BCUT2D eigenvalue weighted by Crippen LogP contribution is -2.45. The SMILES string of the molecule is CC1=Cc2c(ccc(-c3ccccc3)c2-c2cc([Si](C)(C)C)cc([Si](C)(C)C)c2)C1. The predicted molar refractivity (Wildman–Crippen MR) is 141 cm³/mol. The normalized spacial score (nSPS) is 13.9. The van der Waals surface area contributed by atoms with E-state index in [-0.39, 0.29) is 0 Å². The average Bonchev–Trinajstić information content (AvgIpc) is 3.06. The number of rotatable bonds is 4. The van der Waals surface area contributed by atoms with Crippen molar-refractivity contribution in [2.24, 2.45) is 0 Å². The van der Waals surface area contributed by atoms with Gasteiger partial charge in [-0.05, 0) is 46.7 Å². The van der Waals surface area contributed by atoms with Crippen molar-refractivity contribution >= 4 is 32.6 Å². The molecule has 0 amide bonds. The van der Waals surface area contributed by atoms with E-state index < -0.39 is 16.1 Å². The van der Waals surface area contributed by atoms with Crippen molar-refractivity contribution in [1.29, 1.82) is 0 Å². The summed E-state index contributed by atoms with van der Waals surface area (Å²) in [5.41, 5.74) is 9.86. The standard InChI is InChI=1S/C28H34Si2/c1-20-15-22-13-14-26(21-11-9-8-10-12-21)28(27(22)16-20)23-17-24(29(2,3)4)19-25(18-23)30(5,6)7/h8-14,16-19H,15H2,1-7H3. The number of hydrogen-bond acceptors (Lipinski definition) is 0. The topological polar surface area (TPSA) is 0 Å². The van der Waals surface area contributed by atoms with E-state index >= 15 is 0 Å². The van der Waals surface area contributed by atoms with Crippen LogP contribution in [0.15, 0.2) is 66.2 Å². The fraction of sp³-hybridized carbons (Fsp3) is 0.286. The van der Waals surface area contributed by atoms with Gasteiger partial charge in [-0.1, -0.05) is 122 Å². The van der Waals surface area contributed by atoms with Crippen molar-refractivity contribution < 1.29 is 0 Å². The van der Waals surface area contributed by atoms with E-state index in [1.54, 1.807) is 10.4 Å². The first-order valence-corrected chi connectivity index (χ1v) is 18.1. The molecule has 0 aliphatic heterocycles. The Balaban J connectivity index is 2.07. The maximum absolute atomic E-state index is 2.54. The molecule has 0 fully saturated rings. The van der Waals surface area contributed by atoms with Crippen LogP contribution in [-0.2, 0) is 6.42 Å². The molecule has 0 N–H and O–H groups in total. The fourth-order valence-electron chi connectivity index (χ4n) is 4.39. The molecule has 154 valence electrons. The third-order valence-electron chi connectivity index (χ3n) is 6.23. The Kier molecular flexibility index (Phi) is 5.28. The van der Waals surface area contributed by atoms with Gasteiger partial charge in [0.1, 0.15) is 0 Å². The molecule has 30 heavy (non-hydrogen) atoms. The van der Waals surface area contributed by atoms with Crippen molar-refractivity contribution in [2.45, 2.75) is 52.6 Å². The Bertz CT molecular complexity index is 1090. The molecule has 2 heteroatoms. The Morgan fingerprint density at radius 1 is 0.667 bits per heavy atom. The Morgan fingerprint density at radius 2 is 1.27 bits per heavy atom. The van der Waals surface area contributed by atoms with Gasteiger partial charge >= 0.3 is 0 Å². The number of benzene rings is 3. The molecule has 0 saturated heterocycles. The van der Waals surface area contributed by atoms with Crippen molar-refractivity contribution in [3.63, 3.8) is 0 Å². The van der Waals surface area contributed by atoms with Crippen LogP contribution in [0.3, 0.4) is 0 Å². The van der Waals surface area contributed by atoms with Crippen LogP contribution < -0.4 is 10.4 Å². The van der Waals surface area contributed by atoms with Crippen molar-refractivity contribution in [3.8, 4) is 22.3 Å². The minimum Gasteiger partial charge on any atom is -0.0683 e. The van der Waals surface area contributed by atoms with Gasteiger partial charge in [0.25, 0.3) is 0 Å². The van der Waals surface area contributed by atoms with Gasteiger partial charge in [0.2, 0.25) is 0 Å². The van der Waals surface area contributed by atoms with E-state index in [1.807, 2.05) is 0 Å². The lowest BCUT2D eigenvalue weighted by Gasteiger charge is -2.25. The summed E-state index contributed by atoms with van der Waals surface area (Å²) in [6, 6.07) is 23.2. The molecular formula is C28H34Si2. The molecule has 0 saturated carbocycles. The largest absolute Gasteiger partial charge is 0.0776 e. The molecule has 1 aliphatic carbocycles. The number of hydrogen-bond donors (Lipinski definition) is 0. The molecule has 0 atom stereocenters. The third-order valence-corrected chi connectivity index (χ3v) is 10.3. The van der Waals surface area contributed by atoms with Gasteiger partial charge in [-0.2, -0.15) is 0 Å². The summed E-state index contributed by atoms with van der Waals surface area (Å²) in [5.74, 6) is 0. The first kappa shape index (κ1) is 21.1. The molecule has 0 aromatic heterocycles. The van der Waals surface area contributed by atoms with Gasteiger partial charge in [-0.25, -0.2) is 0 Å². The quantitative estimate of drug-likeness (QED) is 0.391. The lowest BCUT2D eigenvalue weighted by molar-refractivity contribution is 1.20. The molecule has 0 unspecified atom stereocenters. The predicted octanol–water partition coefficient (Wildman–Crippen LogP) is 7.07. The van der Waals surface area contributed by atoms with E-state index in [2.05, 4.69) is 113 Å². The summed E-state index contributed by atoms with van der Waals surface area (Å²) in [7, 11) is -2.87. The molecule has 4 rings (SSSR count). The zero-order valence-corrected chi connectivity index (χ0v) is 21.6. The summed E-state index contributed by atoms with van der Waals surface area (Å²) in [6.07, 6.45) is 3.50. The van der Waals surface area contributed by atoms with E-state index in [4.69, 9.17) is 0 Å². The van der Waals surface area contributed by atoms with Crippen LogP contribution in [0.1, 0.15) is 18.1 Å². The molecule has 0 bridgehead atoms. The van der Waals surface area contributed by atoms with Gasteiger partial charge in [-0.15, -0.1) is 0 Å². The van der Waals surface area contributed by atoms with Crippen LogP contribution in [0.5, 0.6) is 0 Å². The molecule has 0 nitrogen and oxygen atoms in total. The molecule has 0 radical (unpaired) electrons. The summed E-state index contributed by atoms with van der Waals surface area (Å²) in [5, 5.41) is 3.15. The summed E-state index contributed by atoms with van der Waals surface area (Å²) < 4.78 is 0. The smallest absolute Gasteiger partial charge is 0.0683 e. The first-order valence-electron chi connectivity index (χ1n) is 11.1. The second kappa shape index (κ2) is 7.51. The monoisotopic (exact) mass is 426 g/mol. The van der Waals surface area contributed by atoms with E-state index in [1.165, 1.54) is 39.0 Å². The van der Waals surface area contributed by atoms with E-state index in [0.29, 0.717) is 0 Å². The highest BCUT2D eigenvalue weighted by atomic mass is 28.3. The third kappa shape index (κ3) is 4.04. The van der Waals surface area contributed by atoms with E-state index in [0.717, 1.165) is 6.42 Å². The zero-order chi connectivity index (χ0) is 21.7. The van der Waals surface area contributed by atoms with Crippen molar-refractivity contribution in [1.82, 2.24) is 0 Å². The molecule has 0 spiro atoms. The zero-order valence-electron chi connectivity index (χ0n) is 19.6. The maximum atomic E-state index is 2.54. The Labute approximate surface area is 184 Å². The summed E-state index contributed by atoms with van der Waals surface area (Å²) in [6.45, 7) is 17.1. The van der Waals surface area contributed by atoms with Gasteiger partial charge in [0, 0.05) is 0 Å². The van der Waals surface area contributed by atoms with Crippen LogP contribution in [-0.4, -0.2) is 16.1 Å². The number of fused-ring (bicyclic) bond motifs is 1. The average molecular weight is 427 g/mol. The Hall–Kier alpha value is -2.17. The first-order chi connectivity index (χ1) is 14.0. The van der Waals surface area contributed by atoms with Gasteiger partial charge in [0.05, 0.1) is 16.1 Å². The van der Waals surface area contributed by atoms with Crippen LogP contribution in [0.2, 0.25) is 39.3 Å². The molecule has 1 aliphatic rings. The minimum absolute atomic E-state index is 1.08. The van der Waals surface area contributed by atoms with Gasteiger partial charge < -0.3 is 0 Å². The van der Waals surface area contributed by atoms with Crippen LogP contribution in [0, 0.1) is 0 Å². The highest BCUT2D eigenvalue weighted by molar-refractivity contribution is 6.91. The van der Waals surface area contributed by atoms with Crippen LogP contribution in [0.25, 0.3) is 28.3 Å². The van der Waals surface area contributed by atoms with Crippen molar-refractivity contribution in [2.75, 3.05) is 0 Å². The summed E-state index contributed by atoms with van der Waals surface area (Å²) in [4.78, 5) is 0. The minimum atomic E-state index is -1.44. The highest BCUT2D eigenvalue weighted by Gasteiger charge is 2.25. The number of allylic oxidation sites excluding steroid dienone is 1. The van der Waals surface area contributed by atoms with Crippen LogP contribution in [0.4, 0.5) is 0 Å². The molecule has 0 heterocycles. The van der Waals surface area contributed by atoms with Crippen molar-refractivity contribution in [3.05, 3.63) is 77.4 Å². The second-order valence-electron chi connectivity index (χ2n) is 10.9. The second-order valence-corrected chi connectivity index (χ2v) is 21.0. The molecule has 3 aromatic rings. The van der Waals surface area contributed by atoms with Crippen LogP contribution >= 0.6 is 0 Å². The fourth-order valence-corrected chi connectivity index (χ4v) is 6.89. The van der Waals surface area contributed by atoms with Gasteiger partial charge in [0.15, 0.2) is 0 Å². The highest BCUT2D eigenvalue weighted by Crippen LogP contribution is 2.40. The summed E-state index contributed by atoms with van der Waals surface area (Å²) >= 11 is 0. The molecular weight excluding hydrogens is 392 g/mol.